The third kappa shape index (κ3) is 4.62. The standard InChI is InChI=1S/C14H19NO4/c1-4-12(14(17)18)15-13(16)10-6-5-7-11(8-10)19-9(2)3/h5-9,12H,4H2,1-3H3,(H,15,16)(H,17,18)/t12-/m0/s1. The number of hydrogen-bond acceptors (Lipinski definition) is 3. The minimum atomic E-state index is -1.04. The van der Waals surface area contributed by atoms with Crippen LogP contribution in [0.25, 0.3) is 0 Å². The molecule has 5 nitrogen and oxygen atoms in total. The quantitative estimate of drug-likeness (QED) is 0.825. The van der Waals surface area contributed by atoms with E-state index in [4.69, 9.17) is 9.84 Å². The number of carbonyl (C=O) groups is 2. The normalized spacial score (nSPS) is 12.0. The Balaban J connectivity index is 2.79. The number of nitrogens with one attached hydrogen (secondary N) is 1. The molecule has 1 rings (SSSR count). The van der Waals surface area contributed by atoms with E-state index >= 15 is 0 Å². The number of ether oxygens (including phenoxy) is 1. The molecule has 0 saturated carbocycles. The van der Waals surface area contributed by atoms with Gasteiger partial charge in [-0.1, -0.05) is 13.0 Å². The van der Waals surface area contributed by atoms with Crippen molar-refractivity contribution in [3.8, 4) is 5.75 Å². The summed E-state index contributed by atoms with van der Waals surface area (Å²) in [6.45, 7) is 5.49. The fraction of sp³-hybridized carbons (Fsp3) is 0.429. The zero-order valence-corrected chi connectivity index (χ0v) is 11.3. The van der Waals surface area contributed by atoms with E-state index in [1.165, 1.54) is 0 Å². The molecule has 104 valence electrons. The highest BCUT2D eigenvalue weighted by atomic mass is 16.5. The van der Waals surface area contributed by atoms with E-state index in [2.05, 4.69) is 5.32 Å². The molecule has 0 aliphatic heterocycles. The van der Waals surface area contributed by atoms with Crippen LogP contribution in [0.2, 0.25) is 0 Å². The molecule has 0 spiro atoms. The number of carboxylic acid groups (broad SMARTS) is 1. The van der Waals surface area contributed by atoms with Gasteiger partial charge in [-0.25, -0.2) is 4.79 Å². The number of amides is 1. The van der Waals surface area contributed by atoms with Crippen LogP contribution in [0.1, 0.15) is 37.6 Å². The maximum Gasteiger partial charge on any atom is 0.326 e. The smallest absolute Gasteiger partial charge is 0.326 e. The molecule has 0 aliphatic rings. The molecule has 0 aromatic heterocycles. The summed E-state index contributed by atoms with van der Waals surface area (Å²) in [5.41, 5.74) is 0.387. The largest absolute Gasteiger partial charge is 0.491 e. The van der Waals surface area contributed by atoms with Crippen molar-refractivity contribution in [2.24, 2.45) is 0 Å². The highest BCUT2D eigenvalue weighted by Crippen LogP contribution is 2.15. The van der Waals surface area contributed by atoms with E-state index in [-0.39, 0.29) is 6.10 Å². The van der Waals surface area contributed by atoms with Crippen LogP contribution in [-0.4, -0.2) is 29.1 Å². The van der Waals surface area contributed by atoms with Crippen molar-refractivity contribution >= 4 is 11.9 Å². The first kappa shape index (κ1) is 15.0. The van der Waals surface area contributed by atoms with Crippen LogP contribution in [0.15, 0.2) is 24.3 Å². The second-order valence-corrected chi connectivity index (χ2v) is 4.47. The Bertz CT molecular complexity index is 457. The number of carboxylic acids is 1. The Kier molecular flexibility index (Phi) is 5.36. The Morgan fingerprint density at radius 2 is 2.05 bits per heavy atom. The van der Waals surface area contributed by atoms with Gasteiger partial charge in [-0.3, -0.25) is 4.79 Å². The fourth-order valence-electron chi connectivity index (χ4n) is 1.56. The molecule has 1 atom stereocenters. The molecule has 2 N–H and O–H groups in total. The van der Waals surface area contributed by atoms with Crippen molar-refractivity contribution in [1.82, 2.24) is 5.32 Å². The van der Waals surface area contributed by atoms with Crippen molar-refractivity contribution < 1.29 is 19.4 Å². The first-order chi connectivity index (χ1) is 8.93. The van der Waals surface area contributed by atoms with E-state index in [0.29, 0.717) is 17.7 Å². The van der Waals surface area contributed by atoms with Crippen LogP contribution in [0.4, 0.5) is 0 Å². The van der Waals surface area contributed by atoms with Gasteiger partial charge in [0, 0.05) is 5.56 Å². The Labute approximate surface area is 112 Å². The zero-order chi connectivity index (χ0) is 14.4. The lowest BCUT2D eigenvalue weighted by molar-refractivity contribution is -0.139. The molecule has 0 bridgehead atoms. The predicted molar refractivity (Wildman–Crippen MR) is 71.4 cm³/mol. The molecule has 0 aliphatic carbocycles. The van der Waals surface area contributed by atoms with Gasteiger partial charge < -0.3 is 15.2 Å². The van der Waals surface area contributed by atoms with E-state index in [0.717, 1.165) is 0 Å². The summed E-state index contributed by atoms with van der Waals surface area (Å²) in [5.74, 6) is -0.861. The van der Waals surface area contributed by atoms with Gasteiger partial charge in [-0.2, -0.15) is 0 Å². The van der Waals surface area contributed by atoms with Crippen LogP contribution >= 0.6 is 0 Å². The van der Waals surface area contributed by atoms with Gasteiger partial charge in [0.25, 0.3) is 5.91 Å². The topological polar surface area (TPSA) is 75.6 Å². The highest BCUT2D eigenvalue weighted by Gasteiger charge is 2.18. The van der Waals surface area contributed by atoms with Crippen LogP contribution in [-0.2, 0) is 4.79 Å². The molecular formula is C14H19NO4. The lowest BCUT2D eigenvalue weighted by Crippen LogP contribution is -2.40. The van der Waals surface area contributed by atoms with E-state index < -0.39 is 17.9 Å². The van der Waals surface area contributed by atoms with Gasteiger partial charge in [0.15, 0.2) is 0 Å². The number of hydrogen-bond donors (Lipinski definition) is 2. The summed E-state index contributed by atoms with van der Waals surface area (Å²) in [5, 5.41) is 11.4. The Morgan fingerprint density at radius 1 is 1.37 bits per heavy atom. The molecular weight excluding hydrogens is 246 g/mol. The molecule has 1 aromatic carbocycles. The van der Waals surface area contributed by atoms with Gasteiger partial charge in [0.05, 0.1) is 6.10 Å². The Hall–Kier alpha value is -2.04. The minimum absolute atomic E-state index is 0.0146. The summed E-state index contributed by atoms with van der Waals surface area (Å²) in [4.78, 5) is 22.8. The lowest BCUT2D eigenvalue weighted by atomic mass is 10.1. The molecule has 0 unspecified atom stereocenters. The number of carbonyl (C=O) groups excluding carboxylic acids is 1. The summed E-state index contributed by atoms with van der Waals surface area (Å²) < 4.78 is 5.49. The third-order valence-electron chi connectivity index (χ3n) is 2.48. The van der Waals surface area contributed by atoms with Crippen LogP contribution in [0, 0.1) is 0 Å². The van der Waals surface area contributed by atoms with Crippen molar-refractivity contribution in [3.05, 3.63) is 29.8 Å². The van der Waals surface area contributed by atoms with Crippen molar-refractivity contribution in [2.45, 2.75) is 39.3 Å². The van der Waals surface area contributed by atoms with E-state index in [1.54, 1.807) is 31.2 Å². The third-order valence-corrected chi connectivity index (χ3v) is 2.48. The number of benzene rings is 1. The second-order valence-electron chi connectivity index (χ2n) is 4.47. The molecule has 5 heteroatoms. The lowest BCUT2D eigenvalue weighted by Gasteiger charge is -2.14. The molecule has 0 fully saturated rings. The van der Waals surface area contributed by atoms with E-state index in [9.17, 15) is 9.59 Å². The van der Waals surface area contributed by atoms with Crippen LogP contribution in [0.3, 0.4) is 0 Å². The van der Waals surface area contributed by atoms with Crippen molar-refractivity contribution in [2.75, 3.05) is 0 Å². The maximum absolute atomic E-state index is 11.9. The first-order valence-electron chi connectivity index (χ1n) is 6.24. The van der Waals surface area contributed by atoms with Gasteiger partial charge in [-0.15, -0.1) is 0 Å². The minimum Gasteiger partial charge on any atom is -0.491 e. The number of aliphatic carboxylic acids is 1. The first-order valence-corrected chi connectivity index (χ1v) is 6.24. The number of rotatable bonds is 6. The maximum atomic E-state index is 11.9. The second kappa shape index (κ2) is 6.78. The molecule has 0 heterocycles. The summed E-state index contributed by atoms with van der Waals surface area (Å²) in [6.07, 6.45) is 0.351. The van der Waals surface area contributed by atoms with Crippen LogP contribution in [0.5, 0.6) is 5.75 Å². The van der Waals surface area contributed by atoms with Gasteiger partial charge in [0.1, 0.15) is 11.8 Å². The SMILES string of the molecule is CC[C@H](NC(=O)c1cccc(OC(C)C)c1)C(=O)O. The summed E-state index contributed by atoms with van der Waals surface area (Å²) in [7, 11) is 0. The average molecular weight is 265 g/mol. The van der Waals surface area contributed by atoms with Gasteiger partial charge >= 0.3 is 5.97 Å². The van der Waals surface area contributed by atoms with Crippen LogP contribution < -0.4 is 10.1 Å². The molecule has 0 saturated heterocycles. The fourth-order valence-corrected chi connectivity index (χ4v) is 1.56. The Morgan fingerprint density at radius 3 is 2.58 bits per heavy atom. The average Bonchev–Trinajstić information content (AvgIpc) is 2.34. The zero-order valence-electron chi connectivity index (χ0n) is 11.3. The van der Waals surface area contributed by atoms with Gasteiger partial charge in [-0.05, 0) is 38.5 Å². The molecule has 1 aromatic rings. The van der Waals surface area contributed by atoms with Crippen molar-refractivity contribution in [3.63, 3.8) is 0 Å². The molecule has 19 heavy (non-hydrogen) atoms. The monoisotopic (exact) mass is 265 g/mol. The molecule has 0 radical (unpaired) electrons. The van der Waals surface area contributed by atoms with Crippen molar-refractivity contribution in [1.29, 1.82) is 0 Å². The summed E-state index contributed by atoms with van der Waals surface area (Å²) >= 11 is 0. The molecule has 1 amide bonds. The predicted octanol–water partition coefficient (Wildman–Crippen LogP) is 2.07. The summed E-state index contributed by atoms with van der Waals surface area (Å²) in [6, 6.07) is 5.81. The van der Waals surface area contributed by atoms with Gasteiger partial charge in [0.2, 0.25) is 0 Å². The highest BCUT2D eigenvalue weighted by molar-refractivity contribution is 5.96. The van der Waals surface area contributed by atoms with E-state index in [1.807, 2.05) is 13.8 Å².